The summed E-state index contributed by atoms with van der Waals surface area (Å²) >= 11 is 0. The SMILES string of the molecule is C/C(CC(=O)NC1CCCCC1)=N/NC(=O)C(=O)Nc1cccc2ccccc12. The summed E-state index contributed by atoms with van der Waals surface area (Å²) < 4.78 is 0. The van der Waals surface area contributed by atoms with Gasteiger partial charge in [-0.25, -0.2) is 5.43 Å². The summed E-state index contributed by atoms with van der Waals surface area (Å²) in [6.07, 6.45) is 5.60. The third-order valence-corrected chi connectivity index (χ3v) is 4.98. The number of hydrogen-bond donors (Lipinski definition) is 3. The molecule has 152 valence electrons. The van der Waals surface area contributed by atoms with Crippen LogP contribution in [-0.2, 0) is 14.4 Å². The van der Waals surface area contributed by atoms with Crippen LogP contribution in [0.2, 0.25) is 0 Å². The third kappa shape index (κ3) is 5.88. The molecule has 7 heteroatoms. The predicted octanol–water partition coefficient (Wildman–Crippen LogP) is 3.11. The minimum absolute atomic E-state index is 0.0850. The first-order valence-corrected chi connectivity index (χ1v) is 9.94. The monoisotopic (exact) mass is 394 g/mol. The van der Waals surface area contributed by atoms with Crippen molar-refractivity contribution < 1.29 is 14.4 Å². The van der Waals surface area contributed by atoms with Crippen molar-refractivity contribution in [3.63, 3.8) is 0 Å². The number of nitrogens with one attached hydrogen (secondary N) is 3. The third-order valence-electron chi connectivity index (χ3n) is 4.98. The number of nitrogens with zero attached hydrogens (tertiary/aromatic N) is 1. The van der Waals surface area contributed by atoms with Crippen LogP contribution in [0.3, 0.4) is 0 Å². The molecule has 0 bridgehead atoms. The molecule has 0 atom stereocenters. The summed E-state index contributed by atoms with van der Waals surface area (Å²) in [5, 5.41) is 11.3. The van der Waals surface area contributed by atoms with E-state index in [0.717, 1.165) is 36.5 Å². The van der Waals surface area contributed by atoms with Crippen molar-refractivity contribution in [2.45, 2.75) is 51.5 Å². The lowest BCUT2D eigenvalue weighted by Gasteiger charge is -2.22. The molecule has 1 fully saturated rings. The molecule has 0 aromatic heterocycles. The van der Waals surface area contributed by atoms with Gasteiger partial charge in [-0.3, -0.25) is 14.4 Å². The number of rotatable bonds is 5. The maximum Gasteiger partial charge on any atom is 0.329 e. The molecule has 2 aromatic rings. The van der Waals surface area contributed by atoms with Crippen LogP contribution in [0.15, 0.2) is 47.6 Å². The van der Waals surface area contributed by atoms with Gasteiger partial charge in [0.05, 0.1) is 6.42 Å². The van der Waals surface area contributed by atoms with E-state index < -0.39 is 11.8 Å². The van der Waals surface area contributed by atoms with Gasteiger partial charge in [0, 0.05) is 22.8 Å². The summed E-state index contributed by atoms with van der Waals surface area (Å²) in [6, 6.07) is 13.3. The van der Waals surface area contributed by atoms with Crippen LogP contribution in [0.25, 0.3) is 10.8 Å². The Bertz CT molecular complexity index is 927. The highest BCUT2D eigenvalue weighted by Gasteiger charge is 2.17. The van der Waals surface area contributed by atoms with Gasteiger partial charge < -0.3 is 10.6 Å². The largest absolute Gasteiger partial charge is 0.353 e. The molecule has 29 heavy (non-hydrogen) atoms. The maximum atomic E-state index is 12.2. The topological polar surface area (TPSA) is 99.7 Å². The lowest BCUT2D eigenvalue weighted by molar-refractivity contribution is -0.136. The van der Waals surface area contributed by atoms with Crippen molar-refractivity contribution in [2.24, 2.45) is 5.10 Å². The summed E-state index contributed by atoms with van der Waals surface area (Å²) in [4.78, 5) is 36.3. The predicted molar refractivity (Wildman–Crippen MR) is 113 cm³/mol. The quantitative estimate of drug-likeness (QED) is 0.413. The fraction of sp³-hybridized carbons (Fsp3) is 0.364. The molecule has 1 saturated carbocycles. The van der Waals surface area contributed by atoms with Crippen molar-refractivity contribution in [3.8, 4) is 0 Å². The van der Waals surface area contributed by atoms with Gasteiger partial charge in [-0.15, -0.1) is 0 Å². The Hall–Kier alpha value is -3.22. The summed E-state index contributed by atoms with van der Waals surface area (Å²) in [5.41, 5.74) is 3.20. The second kappa shape index (κ2) is 9.82. The smallest absolute Gasteiger partial charge is 0.329 e. The van der Waals surface area contributed by atoms with Crippen LogP contribution in [0.5, 0.6) is 0 Å². The molecule has 1 aliphatic carbocycles. The zero-order valence-electron chi connectivity index (χ0n) is 16.5. The van der Waals surface area contributed by atoms with E-state index >= 15 is 0 Å². The van der Waals surface area contributed by atoms with E-state index in [4.69, 9.17) is 0 Å². The maximum absolute atomic E-state index is 12.2. The van der Waals surface area contributed by atoms with Gasteiger partial charge in [0.1, 0.15) is 0 Å². The van der Waals surface area contributed by atoms with E-state index in [1.807, 2.05) is 36.4 Å². The number of amides is 3. The van der Waals surface area contributed by atoms with Gasteiger partial charge in [0.2, 0.25) is 5.91 Å². The van der Waals surface area contributed by atoms with Gasteiger partial charge in [-0.05, 0) is 31.2 Å². The molecule has 3 N–H and O–H groups in total. The highest BCUT2D eigenvalue weighted by molar-refractivity contribution is 6.40. The minimum Gasteiger partial charge on any atom is -0.353 e. The molecule has 7 nitrogen and oxygen atoms in total. The molecule has 0 heterocycles. The average Bonchev–Trinajstić information content (AvgIpc) is 2.73. The zero-order valence-corrected chi connectivity index (χ0v) is 16.5. The first-order valence-electron chi connectivity index (χ1n) is 9.94. The second-order valence-electron chi connectivity index (χ2n) is 7.35. The first kappa shape index (κ1) is 20.5. The van der Waals surface area contributed by atoms with Crippen LogP contribution in [-0.4, -0.2) is 29.5 Å². The molecule has 0 aliphatic heterocycles. The lowest BCUT2D eigenvalue weighted by atomic mass is 9.95. The van der Waals surface area contributed by atoms with Crippen LogP contribution in [0.1, 0.15) is 45.4 Å². The van der Waals surface area contributed by atoms with Crippen molar-refractivity contribution in [3.05, 3.63) is 42.5 Å². The molecule has 1 aliphatic rings. The van der Waals surface area contributed by atoms with Gasteiger partial charge in [0.25, 0.3) is 0 Å². The Morgan fingerprint density at radius 2 is 1.69 bits per heavy atom. The number of anilines is 1. The van der Waals surface area contributed by atoms with Crippen LogP contribution in [0, 0.1) is 0 Å². The Morgan fingerprint density at radius 1 is 0.966 bits per heavy atom. The van der Waals surface area contributed by atoms with Gasteiger partial charge in [-0.1, -0.05) is 55.7 Å². The molecule has 0 radical (unpaired) electrons. The summed E-state index contributed by atoms with van der Waals surface area (Å²) in [5.74, 6) is -1.82. The average molecular weight is 394 g/mol. The van der Waals surface area contributed by atoms with Gasteiger partial charge in [-0.2, -0.15) is 5.10 Å². The molecule has 3 rings (SSSR count). The van der Waals surface area contributed by atoms with Crippen molar-refractivity contribution in [1.29, 1.82) is 0 Å². The second-order valence-corrected chi connectivity index (χ2v) is 7.35. The Labute approximate surface area is 169 Å². The molecule has 0 unspecified atom stereocenters. The highest BCUT2D eigenvalue weighted by atomic mass is 16.2. The lowest BCUT2D eigenvalue weighted by Crippen LogP contribution is -2.37. The van der Waals surface area contributed by atoms with E-state index in [1.165, 1.54) is 6.42 Å². The number of benzene rings is 2. The number of hydrogen-bond acceptors (Lipinski definition) is 4. The standard InChI is InChI=1S/C22H26N4O3/c1-15(14-20(27)23-17-10-3-2-4-11-17)25-26-22(29)21(28)24-19-13-7-9-16-8-5-6-12-18(16)19/h5-9,12-13,17H,2-4,10-11,14H2,1H3,(H,23,27)(H,24,28)(H,26,29)/b25-15-. The van der Waals surface area contributed by atoms with Crippen molar-refractivity contribution >= 4 is 39.9 Å². The van der Waals surface area contributed by atoms with Crippen LogP contribution < -0.4 is 16.1 Å². The Balaban J connectivity index is 1.50. The van der Waals surface area contributed by atoms with E-state index in [1.54, 1.807) is 13.0 Å². The van der Waals surface area contributed by atoms with Gasteiger partial charge >= 0.3 is 11.8 Å². The fourth-order valence-corrected chi connectivity index (χ4v) is 3.51. The zero-order chi connectivity index (χ0) is 20.6. The normalized spacial score (nSPS) is 15.0. The van der Waals surface area contributed by atoms with Crippen molar-refractivity contribution in [2.75, 3.05) is 5.32 Å². The molecule has 0 spiro atoms. The molecular formula is C22H26N4O3. The highest BCUT2D eigenvalue weighted by Crippen LogP contribution is 2.22. The summed E-state index contributed by atoms with van der Waals surface area (Å²) in [6.45, 7) is 1.64. The molecule has 0 saturated heterocycles. The first-order chi connectivity index (χ1) is 14.0. The van der Waals surface area contributed by atoms with E-state index in [-0.39, 0.29) is 18.4 Å². The Kier molecular flexibility index (Phi) is 6.94. The number of carbonyl (C=O) groups is 3. The van der Waals surface area contributed by atoms with E-state index in [2.05, 4.69) is 21.2 Å². The summed E-state index contributed by atoms with van der Waals surface area (Å²) in [7, 11) is 0. The Morgan fingerprint density at radius 3 is 2.48 bits per heavy atom. The van der Waals surface area contributed by atoms with Gasteiger partial charge in [0.15, 0.2) is 0 Å². The number of carbonyl (C=O) groups excluding carboxylic acids is 3. The van der Waals surface area contributed by atoms with Crippen molar-refractivity contribution in [1.82, 2.24) is 10.7 Å². The molecule has 3 amide bonds. The van der Waals surface area contributed by atoms with E-state index in [0.29, 0.717) is 11.4 Å². The van der Waals surface area contributed by atoms with E-state index in [9.17, 15) is 14.4 Å². The minimum atomic E-state index is -0.884. The molecule has 2 aromatic carbocycles. The van der Waals surface area contributed by atoms with Crippen LogP contribution in [0.4, 0.5) is 5.69 Å². The number of fused-ring (bicyclic) bond motifs is 1. The number of hydrazone groups is 1. The fourth-order valence-electron chi connectivity index (χ4n) is 3.51. The molecular weight excluding hydrogens is 368 g/mol. The van der Waals surface area contributed by atoms with Crippen LogP contribution >= 0.6 is 0 Å².